The fourth-order valence-electron chi connectivity index (χ4n) is 1.20. The highest BCUT2D eigenvalue weighted by Gasteiger charge is 2.10. The Morgan fingerprint density at radius 1 is 1.32 bits per heavy atom. The number of amides is 1. The molecule has 1 aromatic rings. The largest absolute Gasteiger partial charge is 0.468 e. The minimum absolute atomic E-state index is 0.119. The average molecular weight is 305 g/mol. The molecule has 5 nitrogen and oxygen atoms in total. The smallest absolute Gasteiger partial charge is 0.291 e. The Balaban J connectivity index is 2.71. The monoisotopic (exact) mass is 304 g/mol. The predicted molar refractivity (Wildman–Crippen MR) is 75.1 cm³/mol. The summed E-state index contributed by atoms with van der Waals surface area (Å²) in [4.78, 5) is 15.9. The fraction of sp³-hybridized carbons (Fsp3) is 0.333. The summed E-state index contributed by atoms with van der Waals surface area (Å²) < 4.78 is 9.79. The topological polar surface area (TPSA) is 59.9 Å². The molecular formula is C12H14Cl2N2O3. The highest BCUT2D eigenvalue weighted by Crippen LogP contribution is 2.22. The number of hydrogen-bond donors (Lipinski definition) is 1. The minimum atomic E-state index is -0.378. The quantitative estimate of drug-likeness (QED) is 0.528. The number of amidine groups is 1. The molecule has 0 aliphatic carbocycles. The van der Waals surface area contributed by atoms with Crippen molar-refractivity contribution in [3.8, 4) is 0 Å². The van der Waals surface area contributed by atoms with E-state index in [-0.39, 0.29) is 11.9 Å². The second-order valence-corrected chi connectivity index (χ2v) is 4.28. The van der Waals surface area contributed by atoms with Crippen molar-refractivity contribution < 1.29 is 14.3 Å². The Morgan fingerprint density at radius 3 is 2.63 bits per heavy atom. The minimum Gasteiger partial charge on any atom is -0.468 e. The SMILES string of the molecule is COCCN=C(NC(=O)c1ccc(Cl)c(Cl)c1)OC. The lowest BCUT2D eigenvalue weighted by atomic mass is 10.2. The first kappa shape index (κ1) is 15.8. The maximum Gasteiger partial charge on any atom is 0.291 e. The summed E-state index contributed by atoms with van der Waals surface area (Å²) in [5.41, 5.74) is 0.367. The van der Waals surface area contributed by atoms with Gasteiger partial charge in [0.2, 0.25) is 0 Å². The van der Waals surface area contributed by atoms with Gasteiger partial charge in [0.25, 0.3) is 11.9 Å². The van der Waals surface area contributed by atoms with E-state index in [9.17, 15) is 4.79 Å². The summed E-state index contributed by atoms with van der Waals surface area (Å²) in [7, 11) is 2.98. The number of hydrogen-bond acceptors (Lipinski definition) is 4. The second kappa shape index (κ2) is 7.99. The van der Waals surface area contributed by atoms with Gasteiger partial charge in [0, 0.05) is 12.7 Å². The van der Waals surface area contributed by atoms with Crippen LogP contribution in [0.25, 0.3) is 0 Å². The molecule has 0 unspecified atom stereocenters. The molecule has 1 amide bonds. The van der Waals surface area contributed by atoms with Gasteiger partial charge in [-0.1, -0.05) is 23.2 Å². The summed E-state index contributed by atoms with van der Waals surface area (Å²) in [5, 5.41) is 3.22. The van der Waals surface area contributed by atoms with Crippen molar-refractivity contribution in [2.75, 3.05) is 27.4 Å². The van der Waals surface area contributed by atoms with Crippen LogP contribution in [0.4, 0.5) is 0 Å². The van der Waals surface area contributed by atoms with Crippen LogP contribution >= 0.6 is 23.2 Å². The van der Waals surface area contributed by atoms with Crippen LogP contribution in [0, 0.1) is 0 Å². The molecule has 0 radical (unpaired) electrons. The van der Waals surface area contributed by atoms with E-state index in [4.69, 9.17) is 32.7 Å². The van der Waals surface area contributed by atoms with Gasteiger partial charge >= 0.3 is 0 Å². The van der Waals surface area contributed by atoms with Gasteiger partial charge in [0.15, 0.2) is 0 Å². The van der Waals surface area contributed by atoms with Gasteiger partial charge in [-0.15, -0.1) is 0 Å². The van der Waals surface area contributed by atoms with Gasteiger partial charge in [0.05, 0.1) is 30.3 Å². The molecule has 7 heteroatoms. The molecule has 0 atom stereocenters. The maximum atomic E-state index is 11.9. The number of rotatable bonds is 4. The lowest BCUT2D eigenvalue weighted by Gasteiger charge is -2.07. The first-order chi connectivity index (χ1) is 9.08. The number of aliphatic imine (C=N–C) groups is 1. The van der Waals surface area contributed by atoms with Crippen LogP contribution in [-0.2, 0) is 9.47 Å². The van der Waals surface area contributed by atoms with Gasteiger partial charge < -0.3 is 9.47 Å². The molecule has 0 heterocycles. The third-order valence-electron chi connectivity index (χ3n) is 2.15. The zero-order valence-electron chi connectivity index (χ0n) is 10.6. The summed E-state index contributed by atoms with van der Waals surface area (Å²) in [5.74, 6) is -0.378. The molecule has 1 aromatic carbocycles. The highest BCUT2D eigenvalue weighted by molar-refractivity contribution is 6.42. The fourth-order valence-corrected chi connectivity index (χ4v) is 1.50. The van der Waals surface area contributed by atoms with Crippen molar-refractivity contribution in [3.05, 3.63) is 33.8 Å². The van der Waals surface area contributed by atoms with Crippen molar-refractivity contribution in [2.24, 2.45) is 4.99 Å². The molecule has 0 saturated heterocycles. The van der Waals surface area contributed by atoms with Crippen LogP contribution in [0.5, 0.6) is 0 Å². The van der Waals surface area contributed by atoms with Crippen LogP contribution in [-0.4, -0.2) is 39.3 Å². The molecule has 19 heavy (non-hydrogen) atoms. The summed E-state index contributed by atoms with van der Waals surface area (Å²) in [6, 6.07) is 4.70. The van der Waals surface area contributed by atoms with Crippen molar-refractivity contribution in [3.63, 3.8) is 0 Å². The lowest BCUT2D eigenvalue weighted by Crippen LogP contribution is -2.32. The van der Waals surface area contributed by atoms with Crippen LogP contribution in [0.15, 0.2) is 23.2 Å². The molecule has 104 valence electrons. The van der Waals surface area contributed by atoms with Crippen LogP contribution in [0.1, 0.15) is 10.4 Å². The van der Waals surface area contributed by atoms with Gasteiger partial charge in [-0.3, -0.25) is 10.1 Å². The molecule has 1 N–H and O–H groups in total. The van der Waals surface area contributed by atoms with Gasteiger partial charge in [-0.2, -0.15) is 0 Å². The van der Waals surface area contributed by atoms with Crippen LogP contribution in [0.2, 0.25) is 10.0 Å². The van der Waals surface area contributed by atoms with Crippen molar-refractivity contribution in [2.45, 2.75) is 0 Å². The molecule has 0 saturated carbocycles. The van der Waals surface area contributed by atoms with Gasteiger partial charge in [0.1, 0.15) is 0 Å². The zero-order chi connectivity index (χ0) is 14.3. The number of carbonyl (C=O) groups is 1. The standard InChI is InChI=1S/C12H14Cl2N2O3/c1-18-6-5-15-12(19-2)16-11(17)8-3-4-9(13)10(14)7-8/h3-4,7H,5-6H2,1-2H3,(H,15,16,17). The van der Waals surface area contributed by atoms with E-state index < -0.39 is 0 Å². The van der Waals surface area contributed by atoms with Crippen molar-refractivity contribution in [1.82, 2.24) is 5.32 Å². The van der Waals surface area contributed by atoms with E-state index >= 15 is 0 Å². The average Bonchev–Trinajstić information content (AvgIpc) is 2.40. The lowest BCUT2D eigenvalue weighted by molar-refractivity contribution is 0.0968. The van der Waals surface area contributed by atoms with Gasteiger partial charge in [-0.25, -0.2) is 4.99 Å². The molecule has 0 aromatic heterocycles. The summed E-state index contributed by atoms with van der Waals surface area (Å²) in [6.07, 6.45) is 0. The van der Waals surface area contributed by atoms with E-state index in [2.05, 4.69) is 10.3 Å². The summed E-state index contributed by atoms with van der Waals surface area (Å²) >= 11 is 11.6. The zero-order valence-corrected chi connectivity index (χ0v) is 12.1. The second-order valence-electron chi connectivity index (χ2n) is 3.47. The van der Waals surface area contributed by atoms with E-state index in [0.29, 0.717) is 28.8 Å². The van der Waals surface area contributed by atoms with Crippen molar-refractivity contribution >= 4 is 35.1 Å². The first-order valence-corrected chi connectivity index (χ1v) is 6.18. The third kappa shape index (κ3) is 5.06. The highest BCUT2D eigenvalue weighted by atomic mass is 35.5. The number of ether oxygens (including phenoxy) is 2. The normalized spacial score (nSPS) is 11.3. The van der Waals surface area contributed by atoms with Crippen LogP contribution in [0.3, 0.4) is 0 Å². The Morgan fingerprint density at radius 2 is 2.05 bits per heavy atom. The number of methoxy groups -OCH3 is 2. The third-order valence-corrected chi connectivity index (χ3v) is 2.89. The molecule has 0 bridgehead atoms. The number of halogens is 2. The molecule has 0 aliphatic heterocycles. The van der Waals surface area contributed by atoms with E-state index in [0.717, 1.165) is 0 Å². The Kier molecular flexibility index (Phi) is 6.62. The molecule has 0 fully saturated rings. The number of carbonyl (C=O) groups excluding carboxylic acids is 1. The molecule has 0 aliphatic rings. The van der Waals surface area contributed by atoms with Crippen LogP contribution < -0.4 is 5.32 Å². The van der Waals surface area contributed by atoms with Gasteiger partial charge in [-0.05, 0) is 18.2 Å². The maximum absolute atomic E-state index is 11.9. The molecule has 1 rings (SSSR count). The molecule has 0 spiro atoms. The molecular weight excluding hydrogens is 291 g/mol. The first-order valence-electron chi connectivity index (χ1n) is 5.42. The predicted octanol–water partition coefficient (Wildman–Crippen LogP) is 2.37. The summed E-state index contributed by atoms with van der Waals surface area (Å²) in [6.45, 7) is 0.830. The Hall–Kier alpha value is -1.30. The number of nitrogens with zero attached hydrogens (tertiary/aromatic N) is 1. The number of nitrogens with one attached hydrogen (secondary N) is 1. The number of benzene rings is 1. The van der Waals surface area contributed by atoms with E-state index in [1.165, 1.54) is 13.2 Å². The Labute approximate surface area is 121 Å². The van der Waals surface area contributed by atoms with Crippen molar-refractivity contribution in [1.29, 1.82) is 0 Å². The van der Waals surface area contributed by atoms with E-state index in [1.54, 1.807) is 19.2 Å². The Bertz CT molecular complexity index is 478. The van der Waals surface area contributed by atoms with E-state index in [1.807, 2.05) is 0 Å².